The number of fused-ring (bicyclic) bond motifs is 1. The first-order chi connectivity index (χ1) is 9.76. The number of aliphatic hydroxyl groups excluding tert-OH is 1. The number of benzene rings is 1. The van der Waals surface area contributed by atoms with Crippen molar-refractivity contribution in [2.24, 2.45) is 0 Å². The predicted octanol–water partition coefficient (Wildman–Crippen LogP) is 0.829. The second-order valence-electron chi connectivity index (χ2n) is 4.36. The van der Waals surface area contributed by atoms with Gasteiger partial charge in [0.1, 0.15) is 12.7 Å². The Bertz CT molecular complexity index is 750. The van der Waals surface area contributed by atoms with E-state index in [0.717, 1.165) is 0 Å². The molecule has 0 amide bonds. The summed E-state index contributed by atoms with van der Waals surface area (Å²) in [4.78, 5) is 26.9. The summed E-state index contributed by atoms with van der Waals surface area (Å²) in [5, 5.41) is 9.74. The molecule has 1 unspecified atom stereocenters. The van der Waals surface area contributed by atoms with Gasteiger partial charge in [-0.2, -0.15) is 13.2 Å². The summed E-state index contributed by atoms with van der Waals surface area (Å²) in [6.07, 6.45) is -5.75. The summed E-state index contributed by atoms with van der Waals surface area (Å²) < 4.78 is 40.1. The van der Waals surface area contributed by atoms with Gasteiger partial charge in [0.25, 0.3) is 0 Å². The van der Waals surface area contributed by atoms with E-state index in [-0.39, 0.29) is 11.1 Å². The summed E-state index contributed by atoms with van der Waals surface area (Å²) >= 11 is 0. The van der Waals surface area contributed by atoms with Crippen LogP contribution in [-0.2, 0) is 4.74 Å². The number of hydrogen-bond acceptors (Lipinski definition) is 4. The van der Waals surface area contributed by atoms with Crippen LogP contribution in [0.2, 0.25) is 0 Å². The molecular weight excluding hydrogens is 293 g/mol. The minimum absolute atomic E-state index is 0.256. The molecule has 6 nitrogen and oxygen atoms in total. The number of aromatic amines is 2. The van der Waals surface area contributed by atoms with Gasteiger partial charge in [-0.3, -0.25) is 9.59 Å². The third-order valence-corrected chi connectivity index (χ3v) is 2.67. The second-order valence-corrected chi connectivity index (χ2v) is 4.36. The van der Waals surface area contributed by atoms with Crippen molar-refractivity contribution in [2.75, 3.05) is 13.2 Å². The van der Waals surface area contributed by atoms with Crippen molar-refractivity contribution >= 4 is 11.0 Å². The predicted molar refractivity (Wildman–Crippen MR) is 67.0 cm³/mol. The largest absolute Gasteiger partial charge is 0.411 e. The Morgan fingerprint density at radius 2 is 1.76 bits per heavy atom. The molecule has 0 saturated heterocycles. The first-order valence-corrected chi connectivity index (χ1v) is 5.85. The van der Waals surface area contributed by atoms with Crippen molar-refractivity contribution in [2.45, 2.75) is 12.3 Å². The maximum Gasteiger partial charge on any atom is 0.411 e. The lowest BCUT2D eigenvalue weighted by Gasteiger charge is -2.13. The van der Waals surface area contributed by atoms with Crippen molar-refractivity contribution in [1.82, 2.24) is 9.97 Å². The monoisotopic (exact) mass is 304 g/mol. The second kappa shape index (κ2) is 5.70. The Kier molecular flexibility index (Phi) is 4.14. The number of nitrogens with one attached hydrogen (secondary N) is 2. The van der Waals surface area contributed by atoms with Gasteiger partial charge in [0.2, 0.25) is 0 Å². The Labute approximate surface area is 115 Å². The van der Waals surface area contributed by atoms with Crippen molar-refractivity contribution in [3.8, 4) is 0 Å². The zero-order chi connectivity index (χ0) is 15.6. The molecule has 21 heavy (non-hydrogen) atoms. The third kappa shape index (κ3) is 3.92. The van der Waals surface area contributed by atoms with Gasteiger partial charge >= 0.3 is 17.3 Å². The molecule has 0 aliphatic rings. The molecule has 0 aliphatic heterocycles. The van der Waals surface area contributed by atoms with E-state index >= 15 is 0 Å². The van der Waals surface area contributed by atoms with Gasteiger partial charge in [-0.25, -0.2) is 0 Å². The molecule has 1 aromatic carbocycles. The molecule has 1 atom stereocenters. The topological polar surface area (TPSA) is 95.2 Å². The van der Waals surface area contributed by atoms with Gasteiger partial charge in [0.05, 0.1) is 17.6 Å². The minimum atomic E-state index is -4.46. The zero-order valence-electron chi connectivity index (χ0n) is 10.5. The van der Waals surface area contributed by atoms with Crippen LogP contribution >= 0.6 is 0 Å². The van der Waals surface area contributed by atoms with Gasteiger partial charge in [0, 0.05) is 0 Å². The van der Waals surface area contributed by atoms with Crippen LogP contribution in [-0.4, -0.2) is 34.5 Å². The summed E-state index contributed by atoms with van der Waals surface area (Å²) in [6, 6.07) is 4.20. The zero-order valence-corrected chi connectivity index (χ0v) is 10.5. The normalized spacial score (nSPS) is 13.5. The molecule has 3 N–H and O–H groups in total. The minimum Gasteiger partial charge on any atom is -0.386 e. The number of rotatable bonds is 4. The molecule has 0 spiro atoms. The number of alkyl halides is 3. The smallest absolute Gasteiger partial charge is 0.386 e. The highest BCUT2D eigenvalue weighted by Gasteiger charge is 2.27. The fourth-order valence-corrected chi connectivity index (χ4v) is 1.72. The highest BCUT2D eigenvalue weighted by molar-refractivity contribution is 5.74. The molecule has 0 fully saturated rings. The number of hydrogen-bond donors (Lipinski definition) is 3. The molecule has 2 rings (SSSR count). The Hall–Kier alpha value is -2.13. The number of H-pyrrole nitrogens is 2. The van der Waals surface area contributed by atoms with E-state index < -0.39 is 36.6 Å². The van der Waals surface area contributed by atoms with Crippen molar-refractivity contribution in [3.05, 3.63) is 44.5 Å². The molecule has 0 bridgehead atoms. The third-order valence-electron chi connectivity index (χ3n) is 2.67. The molecule has 1 aromatic heterocycles. The van der Waals surface area contributed by atoms with Gasteiger partial charge < -0.3 is 19.8 Å². The van der Waals surface area contributed by atoms with Crippen LogP contribution in [0.15, 0.2) is 27.8 Å². The average molecular weight is 304 g/mol. The first-order valence-electron chi connectivity index (χ1n) is 5.85. The Balaban J connectivity index is 2.16. The molecule has 2 aromatic rings. The average Bonchev–Trinajstić information content (AvgIpc) is 2.38. The van der Waals surface area contributed by atoms with E-state index in [1.54, 1.807) is 0 Å². The summed E-state index contributed by atoms with van der Waals surface area (Å²) in [5.74, 6) is 0. The lowest BCUT2D eigenvalue weighted by Crippen LogP contribution is -2.29. The summed E-state index contributed by atoms with van der Waals surface area (Å²) in [7, 11) is 0. The maximum absolute atomic E-state index is 11.9. The fraction of sp³-hybridized carbons (Fsp3) is 0.333. The molecule has 1 heterocycles. The van der Waals surface area contributed by atoms with Crippen molar-refractivity contribution in [3.63, 3.8) is 0 Å². The molecule has 9 heteroatoms. The van der Waals surface area contributed by atoms with E-state index in [9.17, 15) is 27.9 Å². The maximum atomic E-state index is 11.9. The van der Waals surface area contributed by atoms with E-state index in [2.05, 4.69) is 14.7 Å². The SMILES string of the molecule is O=c1[nH]c2ccc(C(O)COCC(F)(F)F)cc2[nH]c1=O. The van der Waals surface area contributed by atoms with Crippen LogP contribution < -0.4 is 11.1 Å². The number of halogens is 3. The van der Waals surface area contributed by atoms with E-state index in [1.165, 1.54) is 18.2 Å². The molecule has 0 saturated carbocycles. The Morgan fingerprint density at radius 3 is 2.38 bits per heavy atom. The number of aliphatic hydroxyl groups is 1. The van der Waals surface area contributed by atoms with Crippen LogP contribution in [0.1, 0.15) is 11.7 Å². The van der Waals surface area contributed by atoms with E-state index in [0.29, 0.717) is 5.52 Å². The van der Waals surface area contributed by atoms with Crippen LogP contribution in [0, 0.1) is 0 Å². The quantitative estimate of drug-likeness (QED) is 0.729. The van der Waals surface area contributed by atoms with Gasteiger partial charge in [-0.15, -0.1) is 0 Å². The summed E-state index contributed by atoms with van der Waals surface area (Å²) in [6.45, 7) is -2.00. The van der Waals surface area contributed by atoms with Gasteiger partial charge in [0.15, 0.2) is 0 Å². The fourth-order valence-electron chi connectivity index (χ4n) is 1.72. The molecule has 114 valence electrons. The molecular formula is C12H11F3N2O4. The summed E-state index contributed by atoms with van der Waals surface area (Å²) in [5.41, 5.74) is -0.821. The lowest BCUT2D eigenvalue weighted by atomic mass is 10.1. The number of aromatic nitrogens is 2. The molecule has 0 aliphatic carbocycles. The lowest BCUT2D eigenvalue weighted by molar-refractivity contribution is -0.179. The van der Waals surface area contributed by atoms with Crippen LogP contribution in [0.25, 0.3) is 11.0 Å². The van der Waals surface area contributed by atoms with Gasteiger partial charge in [-0.1, -0.05) is 6.07 Å². The highest BCUT2D eigenvalue weighted by Crippen LogP contribution is 2.19. The standard InChI is InChI=1S/C12H11F3N2O4/c13-12(14,15)5-21-4-9(18)6-1-2-7-8(3-6)17-11(20)10(19)16-7/h1-3,9,18H,4-5H2,(H,16,19)(H,17,20). The van der Waals surface area contributed by atoms with Crippen LogP contribution in [0.5, 0.6) is 0 Å². The van der Waals surface area contributed by atoms with Crippen molar-refractivity contribution in [1.29, 1.82) is 0 Å². The molecule has 0 radical (unpaired) electrons. The Morgan fingerprint density at radius 1 is 1.14 bits per heavy atom. The van der Waals surface area contributed by atoms with Crippen LogP contribution in [0.4, 0.5) is 13.2 Å². The number of ether oxygens (including phenoxy) is 1. The van der Waals surface area contributed by atoms with E-state index in [4.69, 9.17) is 0 Å². The first kappa shape index (κ1) is 15.3. The van der Waals surface area contributed by atoms with Crippen LogP contribution in [0.3, 0.4) is 0 Å². The highest BCUT2D eigenvalue weighted by atomic mass is 19.4. The van der Waals surface area contributed by atoms with E-state index in [1.807, 2.05) is 0 Å². The van der Waals surface area contributed by atoms with Crippen molar-refractivity contribution < 1.29 is 23.0 Å². The van der Waals surface area contributed by atoms with Gasteiger partial charge in [-0.05, 0) is 17.7 Å².